The summed E-state index contributed by atoms with van der Waals surface area (Å²) in [5.74, 6) is 2.33. The van der Waals surface area contributed by atoms with Crippen molar-refractivity contribution in [3.05, 3.63) is 0 Å². The smallest absolute Gasteiger partial charge is 0.0186 e. The Bertz CT molecular complexity index is 183. The van der Waals surface area contributed by atoms with E-state index in [1.807, 2.05) is 0 Å². The van der Waals surface area contributed by atoms with Crippen molar-refractivity contribution in [3.63, 3.8) is 0 Å². The molecule has 0 amide bonds. The third-order valence-electron chi connectivity index (χ3n) is 3.75. The van der Waals surface area contributed by atoms with Gasteiger partial charge in [-0.15, -0.1) is 0 Å². The van der Waals surface area contributed by atoms with E-state index in [1.54, 1.807) is 0 Å². The average Bonchev–Trinajstić information content (AvgIpc) is 2.56. The van der Waals surface area contributed by atoms with Crippen LogP contribution in [0.2, 0.25) is 0 Å². The summed E-state index contributed by atoms with van der Waals surface area (Å²) >= 11 is 2.15. The van der Waals surface area contributed by atoms with Crippen molar-refractivity contribution in [3.8, 4) is 0 Å². The highest BCUT2D eigenvalue weighted by Gasteiger charge is 2.27. The summed E-state index contributed by atoms with van der Waals surface area (Å²) in [7, 11) is 0. The lowest BCUT2D eigenvalue weighted by molar-refractivity contribution is 0.392. The lowest BCUT2D eigenvalue weighted by Gasteiger charge is -2.31. The van der Waals surface area contributed by atoms with Gasteiger partial charge in [-0.05, 0) is 43.8 Å². The van der Waals surface area contributed by atoms with Gasteiger partial charge in [0.1, 0.15) is 0 Å². The molecule has 2 rings (SSSR count). The Labute approximate surface area is 92.4 Å². The molecule has 1 saturated heterocycles. The van der Waals surface area contributed by atoms with Gasteiger partial charge < -0.3 is 5.32 Å². The topological polar surface area (TPSA) is 12.0 Å². The van der Waals surface area contributed by atoms with Crippen molar-refractivity contribution in [1.82, 2.24) is 5.32 Å². The predicted molar refractivity (Wildman–Crippen MR) is 64.9 cm³/mol. The first-order valence-electron chi connectivity index (χ1n) is 6.13. The molecule has 0 aromatic heterocycles. The molecule has 2 aliphatic rings. The van der Waals surface area contributed by atoms with Gasteiger partial charge in [-0.25, -0.2) is 0 Å². The van der Waals surface area contributed by atoms with Gasteiger partial charge in [-0.3, -0.25) is 0 Å². The van der Waals surface area contributed by atoms with Crippen molar-refractivity contribution in [2.24, 2.45) is 5.92 Å². The third kappa shape index (κ3) is 2.66. The van der Waals surface area contributed by atoms with E-state index in [9.17, 15) is 0 Å². The van der Waals surface area contributed by atoms with Gasteiger partial charge in [-0.2, -0.15) is 11.8 Å². The Kier molecular flexibility index (Phi) is 3.78. The van der Waals surface area contributed by atoms with E-state index >= 15 is 0 Å². The van der Waals surface area contributed by atoms with Crippen molar-refractivity contribution in [2.75, 3.05) is 5.75 Å². The molecule has 0 radical (unpaired) electrons. The molecule has 2 heteroatoms. The molecule has 4 atom stereocenters. The maximum absolute atomic E-state index is 3.88. The summed E-state index contributed by atoms with van der Waals surface area (Å²) in [5.41, 5.74) is 0. The molecule has 1 heterocycles. The molecule has 2 fully saturated rings. The van der Waals surface area contributed by atoms with E-state index in [2.05, 4.69) is 30.9 Å². The Morgan fingerprint density at radius 3 is 2.64 bits per heavy atom. The maximum atomic E-state index is 3.88. The first kappa shape index (κ1) is 10.8. The Hall–Kier alpha value is 0.310. The minimum absolute atomic E-state index is 0.795. The van der Waals surface area contributed by atoms with Gasteiger partial charge in [0.05, 0.1) is 0 Å². The molecule has 1 aliphatic heterocycles. The number of hydrogen-bond acceptors (Lipinski definition) is 2. The fourth-order valence-corrected chi connectivity index (χ4v) is 3.96. The maximum Gasteiger partial charge on any atom is 0.0186 e. The van der Waals surface area contributed by atoms with Crippen LogP contribution in [0.4, 0.5) is 0 Å². The lowest BCUT2D eigenvalue weighted by Crippen LogP contribution is -2.44. The van der Waals surface area contributed by atoms with Gasteiger partial charge in [0.15, 0.2) is 0 Å². The molecule has 1 N–H and O–H groups in total. The van der Waals surface area contributed by atoms with Crippen LogP contribution in [0.5, 0.6) is 0 Å². The number of nitrogens with one attached hydrogen (secondary N) is 1. The Morgan fingerprint density at radius 1 is 1.14 bits per heavy atom. The summed E-state index contributed by atoms with van der Waals surface area (Å²) in [5, 5.41) is 4.71. The number of hydrogen-bond donors (Lipinski definition) is 1. The molecule has 1 saturated carbocycles. The zero-order valence-electron chi connectivity index (χ0n) is 9.46. The van der Waals surface area contributed by atoms with Crippen LogP contribution in [0.3, 0.4) is 0 Å². The quantitative estimate of drug-likeness (QED) is 0.756. The fourth-order valence-electron chi connectivity index (χ4n) is 2.80. The lowest BCUT2D eigenvalue weighted by atomic mass is 10.1. The van der Waals surface area contributed by atoms with Crippen LogP contribution < -0.4 is 5.32 Å². The van der Waals surface area contributed by atoms with Gasteiger partial charge in [0.2, 0.25) is 0 Å². The summed E-state index contributed by atoms with van der Waals surface area (Å²) in [6, 6.07) is 1.63. The highest BCUT2D eigenvalue weighted by Crippen LogP contribution is 2.29. The molecular weight excluding hydrogens is 190 g/mol. The second kappa shape index (κ2) is 4.89. The highest BCUT2D eigenvalue weighted by molar-refractivity contribution is 7.99. The number of rotatable bonds is 2. The zero-order chi connectivity index (χ0) is 9.97. The van der Waals surface area contributed by atoms with E-state index in [4.69, 9.17) is 0 Å². The minimum atomic E-state index is 0.795. The van der Waals surface area contributed by atoms with E-state index in [-0.39, 0.29) is 0 Å². The van der Waals surface area contributed by atoms with E-state index in [0.717, 1.165) is 23.3 Å². The Morgan fingerprint density at radius 2 is 2.00 bits per heavy atom. The zero-order valence-corrected chi connectivity index (χ0v) is 10.3. The average molecular weight is 213 g/mol. The largest absolute Gasteiger partial charge is 0.310 e. The summed E-state index contributed by atoms with van der Waals surface area (Å²) in [6.07, 6.45) is 7.07. The Balaban J connectivity index is 1.78. The van der Waals surface area contributed by atoms with Crippen LogP contribution in [0.25, 0.3) is 0 Å². The molecule has 14 heavy (non-hydrogen) atoms. The fraction of sp³-hybridized carbons (Fsp3) is 1.00. The van der Waals surface area contributed by atoms with Gasteiger partial charge in [0, 0.05) is 17.3 Å². The van der Waals surface area contributed by atoms with Crippen LogP contribution >= 0.6 is 11.8 Å². The standard InChI is InChI=1S/C12H23NS/c1-9-5-6-11(8-9)13-12-4-3-7-14-10(12)2/h9-13H,3-8H2,1-2H3. The molecule has 1 nitrogen and oxygen atoms in total. The molecule has 82 valence electrons. The molecule has 0 spiro atoms. The van der Waals surface area contributed by atoms with Crippen LogP contribution in [-0.2, 0) is 0 Å². The summed E-state index contributed by atoms with van der Waals surface area (Å²) in [4.78, 5) is 0. The summed E-state index contributed by atoms with van der Waals surface area (Å²) in [6.45, 7) is 4.78. The van der Waals surface area contributed by atoms with Crippen LogP contribution in [0.15, 0.2) is 0 Å². The molecule has 0 aromatic carbocycles. The molecule has 4 unspecified atom stereocenters. The minimum Gasteiger partial charge on any atom is -0.310 e. The van der Waals surface area contributed by atoms with Crippen molar-refractivity contribution in [1.29, 1.82) is 0 Å². The van der Waals surface area contributed by atoms with E-state index in [1.165, 1.54) is 37.9 Å². The first-order valence-corrected chi connectivity index (χ1v) is 7.18. The van der Waals surface area contributed by atoms with Crippen molar-refractivity contribution in [2.45, 2.75) is 63.3 Å². The van der Waals surface area contributed by atoms with E-state index in [0.29, 0.717) is 0 Å². The van der Waals surface area contributed by atoms with Crippen LogP contribution in [-0.4, -0.2) is 23.1 Å². The second-order valence-corrected chi connectivity index (χ2v) is 6.59. The van der Waals surface area contributed by atoms with Crippen molar-refractivity contribution < 1.29 is 0 Å². The molecule has 1 aliphatic carbocycles. The third-order valence-corrected chi connectivity index (χ3v) is 5.13. The normalized spacial score (nSPS) is 44.1. The van der Waals surface area contributed by atoms with Gasteiger partial charge in [0.25, 0.3) is 0 Å². The SMILES string of the molecule is CC1CCC(NC2CCCSC2C)C1. The van der Waals surface area contributed by atoms with Gasteiger partial charge >= 0.3 is 0 Å². The summed E-state index contributed by atoms with van der Waals surface area (Å²) < 4.78 is 0. The monoisotopic (exact) mass is 213 g/mol. The van der Waals surface area contributed by atoms with Crippen molar-refractivity contribution >= 4 is 11.8 Å². The molecular formula is C12H23NS. The molecule has 0 bridgehead atoms. The predicted octanol–water partition coefficient (Wildman–Crippen LogP) is 3.05. The highest BCUT2D eigenvalue weighted by atomic mass is 32.2. The second-order valence-electron chi connectivity index (χ2n) is 5.11. The van der Waals surface area contributed by atoms with Crippen LogP contribution in [0.1, 0.15) is 46.0 Å². The van der Waals surface area contributed by atoms with E-state index < -0.39 is 0 Å². The van der Waals surface area contributed by atoms with Crippen LogP contribution in [0, 0.1) is 5.92 Å². The molecule has 0 aromatic rings. The first-order chi connectivity index (χ1) is 6.75. The van der Waals surface area contributed by atoms with Gasteiger partial charge in [-0.1, -0.05) is 13.8 Å². The number of thioether (sulfide) groups is 1.